The van der Waals surface area contributed by atoms with Crippen LogP contribution in [0.25, 0.3) is 0 Å². The highest BCUT2D eigenvalue weighted by molar-refractivity contribution is 7.89. The van der Waals surface area contributed by atoms with E-state index >= 15 is 0 Å². The summed E-state index contributed by atoms with van der Waals surface area (Å²) < 4.78 is 37.0. The standard InChI is InChI=1S/C24H26N2O5S/c1-26(32(28,29)22-7-5-4-6-8-22)17-23(27)25-24(18-9-13-20(30-2)14-10-18)19-11-15-21(31-3)16-12-19/h4-16,24H,17H2,1-3H3,(H,25,27). The number of ether oxygens (including phenoxy) is 2. The molecule has 0 spiro atoms. The highest BCUT2D eigenvalue weighted by atomic mass is 32.2. The molecule has 0 bridgehead atoms. The summed E-state index contributed by atoms with van der Waals surface area (Å²) in [5.74, 6) is 0.966. The monoisotopic (exact) mass is 454 g/mol. The first kappa shape index (κ1) is 23.3. The number of nitrogens with zero attached hydrogens (tertiary/aromatic N) is 1. The number of hydrogen-bond acceptors (Lipinski definition) is 5. The first-order chi connectivity index (χ1) is 15.3. The Morgan fingerprint density at radius 1 is 0.844 bits per heavy atom. The van der Waals surface area contributed by atoms with Gasteiger partial charge in [-0.25, -0.2) is 8.42 Å². The van der Waals surface area contributed by atoms with Crippen LogP contribution in [0, 0.1) is 0 Å². The number of likely N-dealkylation sites (N-methyl/N-ethyl adjacent to an activating group) is 1. The maximum atomic E-state index is 12.9. The zero-order valence-corrected chi connectivity index (χ0v) is 19.0. The van der Waals surface area contributed by atoms with E-state index in [1.165, 1.54) is 19.2 Å². The van der Waals surface area contributed by atoms with Crippen molar-refractivity contribution in [1.29, 1.82) is 0 Å². The van der Waals surface area contributed by atoms with Crippen molar-refractivity contribution in [3.05, 3.63) is 90.0 Å². The number of carbonyl (C=O) groups excluding carboxylic acids is 1. The van der Waals surface area contributed by atoms with Crippen molar-refractivity contribution in [2.75, 3.05) is 27.8 Å². The minimum atomic E-state index is -3.78. The molecule has 0 aliphatic heterocycles. The van der Waals surface area contributed by atoms with Crippen LogP contribution in [0.15, 0.2) is 83.8 Å². The number of methoxy groups -OCH3 is 2. The zero-order chi connectivity index (χ0) is 23.1. The zero-order valence-electron chi connectivity index (χ0n) is 18.2. The smallest absolute Gasteiger partial charge is 0.243 e. The molecule has 0 saturated carbocycles. The number of amides is 1. The van der Waals surface area contributed by atoms with E-state index in [0.29, 0.717) is 11.5 Å². The fourth-order valence-electron chi connectivity index (χ4n) is 3.22. The fourth-order valence-corrected chi connectivity index (χ4v) is 4.37. The molecule has 8 heteroatoms. The van der Waals surface area contributed by atoms with Crippen LogP contribution in [0.1, 0.15) is 17.2 Å². The first-order valence-corrected chi connectivity index (χ1v) is 11.4. The number of nitrogens with one attached hydrogen (secondary N) is 1. The summed E-state index contributed by atoms with van der Waals surface area (Å²) in [6.45, 7) is -0.319. The van der Waals surface area contributed by atoms with Gasteiger partial charge in [-0.2, -0.15) is 4.31 Å². The van der Waals surface area contributed by atoms with Gasteiger partial charge in [0.2, 0.25) is 15.9 Å². The van der Waals surface area contributed by atoms with Gasteiger partial charge in [0.1, 0.15) is 11.5 Å². The van der Waals surface area contributed by atoms with E-state index in [9.17, 15) is 13.2 Å². The minimum Gasteiger partial charge on any atom is -0.497 e. The van der Waals surface area contributed by atoms with Gasteiger partial charge in [0.05, 0.1) is 31.7 Å². The van der Waals surface area contributed by atoms with Gasteiger partial charge in [0, 0.05) is 7.05 Å². The van der Waals surface area contributed by atoms with Gasteiger partial charge in [-0.15, -0.1) is 0 Å². The molecule has 7 nitrogen and oxygen atoms in total. The Morgan fingerprint density at radius 2 is 1.31 bits per heavy atom. The predicted molar refractivity (Wildman–Crippen MR) is 122 cm³/mol. The Balaban J connectivity index is 1.82. The lowest BCUT2D eigenvalue weighted by atomic mass is 9.98. The third kappa shape index (κ3) is 5.46. The number of benzene rings is 3. The second-order valence-corrected chi connectivity index (χ2v) is 9.17. The topological polar surface area (TPSA) is 84.9 Å². The number of rotatable bonds is 9. The molecule has 0 aliphatic rings. The number of hydrogen-bond donors (Lipinski definition) is 1. The molecular weight excluding hydrogens is 428 g/mol. The van der Waals surface area contributed by atoms with Crippen molar-refractivity contribution in [3.8, 4) is 11.5 Å². The van der Waals surface area contributed by atoms with E-state index in [1.54, 1.807) is 32.4 Å². The Hall–Kier alpha value is -3.36. The van der Waals surface area contributed by atoms with Gasteiger partial charge >= 0.3 is 0 Å². The molecule has 3 aromatic rings. The van der Waals surface area contributed by atoms with Gasteiger partial charge in [-0.1, -0.05) is 42.5 Å². The largest absolute Gasteiger partial charge is 0.497 e. The molecule has 0 radical (unpaired) electrons. The molecule has 0 aromatic heterocycles. The van der Waals surface area contributed by atoms with Crippen molar-refractivity contribution in [2.45, 2.75) is 10.9 Å². The van der Waals surface area contributed by atoms with Crippen molar-refractivity contribution in [2.24, 2.45) is 0 Å². The molecule has 0 unspecified atom stereocenters. The van der Waals surface area contributed by atoms with Crippen LogP contribution in [0.4, 0.5) is 0 Å². The molecule has 32 heavy (non-hydrogen) atoms. The Bertz CT molecular complexity index is 1080. The lowest BCUT2D eigenvalue weighted by molar-refractivity contribution is -0.121. The lowest BCUT2D eigenvalue weighted by Crippen LogP contribution is -2.40. The average molecular weight is 455 g/mol. The summed E-state index contributed by atoms with van der Waals surface area (Å²) >= 11 is 0. The SMILES string of the molecule is COc1ccc(C(NC(=O)CN(C)S(=O)(=O)c2ccccc2)c2ccc(OC)cc2)cc1. The third-order valence-corrected chi connectivity index (χ3v) is 6.84. The van der Waals surface area contributed by atoms with Crippen LogP contribution in [-0.4, -0.2) is 46.4 Å². The molecule has 0 heterocycles. The van der Waals surface area contributed by atoms with Crippen LogP contribution in [0.2, 0.25) is 0 Å². The van der Waals surface area contributed by atoms with Gasteiger partial charge in [0.15, 0.2) is 0 Å². The summed E-state index contributed by atoms with van der Waals surface area (Å²) in [6.07, 6.45) is 0. The maximum Gasteiger partial charge on any atom is 0.243 e. The number of sulfonamides is 1. The van der Waals surface area contributed by atoms with Crippen LogP contribution in [0.5, 0.6) is 11.5 Å². The Kier molecular flexibility index (Phi) is 7.50. The van der Waals surface area contributed by atoms with Crippen LogP contribution < -0.4 is 14.8 Å². The predicted octanol–water partition coefficient (Wildman–Crippen LogP) is 3.23. The molecule has 1 N–H and O–H groups in total. The van der Waals surface area contributed by atoms with E-state index in [4.69, 9.17) is 9.47 Å². The molecule has 0 saturated heterocycles. The molecule has 168 valence electrons. The lowest BCUT2D eigenvalue weighted by Gasteiger charge is -2.23. The molecule has 0 fully saturated rings. The fraction of sp³-hybridized carbons (Fsp3) is 0.208. The van der Waals surface area contributed by atoms with Crippen LogP contribution >= 0.6 is 0 Å². The van der Waals surface area contributed by atoms with E-state index in [2.05, 4.69) is 5.32 Å². The summed E-state index contributed by atoms with van der Waals surface area (Å²) in [7, 11) is 0.777. The van der Waals surface area contributed by atoms with E-state index in [1.807, 2.05) is 48.5 Å². The molecule has 3 rings (SSSR count). The van der Waals surface area contributed by atoms with E-state index in [0.717, 1.165) is 15.4 Å². The number of carbonyl (C=O) groups is 1. The van der Waals surface area contributed by atoms with Gasteiger partial charge < -0.3 is 14.8 Å². The van der Waals surface area contributed by atoms with Crippen molar-refractivity contribution in [1.82, 2.24) is 9.62 Å². The second-order valence-electron chi connectivity index (χ2n) is 7.12. The second kappa shape index (κ2) is 10.3. The summed E-state index contributed by atoms with van der Waals surface area (Å²) in [6, 6.07) is 22.2. The highest BCUT2D eigenvalue weighted by Gasteiger charge is 2.24. The normalized spacial score (nSPS) is 11.4. The first-order valence-electron chi connectivity index (χ1n) is 9.94. The molecule has 0 aliphatic carbocycles. The quantitative estimate of drug-likeness (QED) is 0.537. The van der Waals surface area contributed by atoms with Gasteiger partial charge in [0.25, 0.3) is 0 Å². The Labute approximate surface area is 188 Å². The van der Waals surface area contributed by atoms with Crippen molar-refractivity contribution < 1.29 is 22.7 Å². The van der Waals surface area contributed by atoms with Crippen LogP contribution in [-0.2, 0) is 14.8 Å². The third-order valence-electron chi connectivity index (χ3n) is 5.02. The average Bonchev–Trinajstić information content (AvgIpc) is 2.83. The van der Waals surface area contributed by atoms with Gasteiger partial charge in [-0.3, -0.25) is 4.79 Å². The minimum absolute atomic E-state index is 0.136. The summed E-state index contributed by atoms with van der Waals surface area (Å²) in [4.78, 5) is 13.0. The molecule has 0 atom stereocenters. The van der Waals surface area contributed by atoms with Crippen molar-refractivity contribution in [3.63, 3.8) is 0 Å². The molecule has 3 aromatic carbocycles. The molecular formula is C24H26N2O5S. The Morgan fingerprint density at radius 3 is 1.75 bits per heavy atom. The highest BCUT2D eigenvalue weighted by Crippen LogP contribution is 2.26. The molecule has 1 amide bonds. The van der Waals surface area contributed by atoms with Gasteiger partial charge in [-0.05, 0) is 47.5 Å². The van der Waals surface area contributed by atoms with E-state index in [-0.39, 0.29) is 11.4 Å². The maximum absolute atomic E-state index is 12.9. The summed E-state index contributed by atoms with van der Waals surface area (Å²) in [5.41, 5.74) is 1.66. The summed E-state index contributed by atoms with van der Waals surface area (Å²) in [5, 5.41) is 2.95. The van der Waals surface area contributed by atoms with Crippen LogP contribution in [0.3, 0.4) is 0 Å². The van der Waals surface area contributed by atoms with E-state index < -0.39 is 22.0 Å². The van der Waals surface area contributed by atoms with Crippen molar-refractivity contribution >= 4 is 15.9 Å².